The van der Waals surface area contributed by atoms with E-state index in [4.69, 9.17) is 4.42 Å². The van der Waals surface area contributed by atoms with Gasteiger partial charge in [-0.15, -0.1) is 0 Å². The largest absolute Gasteiger partial charge is 0.443 e. The highest BCUT2D eigenvalue weighted by atomic mass is 32.2. The number of benzene rings is 1. The molecule has 216 valence electrons. The number of furan rings is 1. The fraction of sp³-hybridized carbons (Fsp3) is 0.321. The molecule has 1 N–H and O–H groups in total. The number of fused-ring (bicyclic) bond motifs is 1. The number of rotatable bonds is 7. The predicted molar refractivity (Wildman–Crippen MR) is 144 cm³/mol. The number of alkyl halides is 3. The smallest absolute Gasteiger partial charge is 0.416 e. The van der Waals surface area contributed by atoms with E-state index in [-0.39, 0.29) is 35.3 Å². The molecule has 1 atom stereocenters. The third-order valence-corrected chi connectivity index (χ3v) is 8.77. The molecule has 0 unspecified atom stereocenters. The Morgan fingerprint density at radius 3 is 2.56 bits per heavy atom. The zero-order valence-corrected chi connectivity index (χ0v) is 23.0. The number of hydrogen-bond acceptors (Lipinski definition) is 6. The van der Waals surface area contributed by atoms with Gasteiger partial charge in [0.2, 0.25) is 11.0 Å². The molecule has 1 saturated heterocycles. The van der Waals surface area contributed by atoms with Crippen LogP contribution in [0.5, 0.6) is 0 Å². The summed E-state index contributed by atoms with van der Waals surface area (Å²) in [5, 5.41) is 3.02. The van der Waals surface area contributed by atoms with E-state index in [1.165, 1.54) is 41.2 Å². The summed E-state index contributed by atoms with van der Waals surface area (Å²) in [4.78, 5) is 30.3. The standard InChI is InChI=1S/C28H27F3N4O5S/c1-17(2)34-16-18(12-22(27(34)37)19-5-7-21(8-6-19)28(29,30)31)14-33-26(36)23-4-3-11-35(23)41(38,39)25-13-20-15-32-10-9-24(20)40-25/h5-10,12-13,15-17,23H,3-4,11,14H2,1-2H3,(H,33,36)/t23-/m0/s1. The number of aromatic nitrogens is 2. The fourth-order valence-electron chi connectivity index (χ4n) is 4.89. The number of pyridine rings is 2. The Hall–Kier alpha value is -3.97. The lowest BCUT2D eigenvalue weighted by Crippen LogP contribution is -2.45. The van der Waals surface area contributed by atoms with Crippen molar-refractivity contribution >= 4 is 26.9 Å². The first-order chi connectivity index (χ1) is 19.4. The van der Waals surface area contributed by atoms with Crippen molar-refractivity contribution in [2.45, 2.75) is 56.6 Å². The Kier molecular flexibility index (Phi) is 7.51. The maximum atomic E-state index is 13.4. The molecule has 0 spiro atoms. The lowest BCUT2D eigenvalue weighted by molar-refractivity contribution is -0.137. The minimum atomic E-state index is -4.51. The van der Waals surface area contributed by atoms with Gasteiger partial charge in [-0.25, -0.2) is 8.42 Å². The van der Waals surface area contributed by atoms with Crippen molar-refractivity contribution < 1.29 is 30.8 Å². The molecule has 1 aliphatic heterocycles. The van der Waals surface area contributed by atoms with E-state index in [0.717, 1.165) is 16.4 Å². The molecule has 1 amide bonds. The molecule has 1 aromatic carbocycles. The first-order valence-corrected chi connectivity index (χ1v) is 14.4. The van der Waals surface area contributed by atoms with Crippen molar-refractivity contribution in [3.8, 4) is 11.1 Å². The van der Waals surface area contributed by atoms with Crippen LogP contribution in [-0.4, -0.2) is 40.8 Å². The lowest BCUT2D eigenvalue weighted by Gasteiger charge is -2.22. The monoisotopic (exact) mass is 588 g/mol. The van der Waals surface area contributed by atoms with Crippen LogP contribution >= 0.6 is 0 Å². The van der Waals surface area contributed by atoms with Gasteiger partial charge in [-0.3, -0.25) is 14.6 Å². The summed E-state index contributed by atoms with van der Waals surface area (Å²) in [6.45, 7) is 3.69. The van der Waals surface area contributed by atoms with Gasteiger partial charge in [-0.1, -0.05) is 12.1 Å². The zero-order chi connectivity index (χ0) is 29.5. The number of nitrogens with one attached hydrogen (secondary N) is 1. The number of carbonyl (C=O) groups excluding carboxylic acids is 1. The van der Waals surface area contributed by atoms with E-state index >= 15 is 0 Å². The van der Waals surface area contributed by atoms with E-state index in [9.17, 15) is 31.2 Å². The van der Waals surface area contributed by atoms with Gasteiger partial charge >= 0.3 is 6.18 Å². The first-order valence-electron chi connectivity index (χ1n) is 12.9. The minimum Gasteiger partial charge on any atom is -0.443 e. The van der Waals surface area contributed by atoms with E-state index < -0.39 is 33.7 Å². The molecule has 13 heteroatoms. The van der Waals surface area contributed by atoms with Crippen LogP contribution in [0.4, 0.5) is 13.2 Å². The summed E-state index contributed by atoms with van der Waals surface area (Å²) in [5.41, 5.74) is 0.165. The summed E-state index contributed by atoms with van der Waals surface area (Å²) < 4.78 is 73.9. The molecule has 1 aliphatic rings. The van der Waals surface area contributed by atoms with Crippen LogP contribution in [0, 0.1) is 0 Å². The van der Waals surface area contributed by atoms with Crippen molar-refractivity contribution in [3.63, 3.8) is 0 Å². The second-order valence-electron chi connectivity index (χ2n) is 10.1. The third kappa shape index (κ3) is 5.64. The van der Waals surface area contributed by atoms with Gasteiger partial charge in [0.15, 0.2) is 0 Å². The first kappa shape index (κ1) is 28.6. The van der Waals surface area contributed by atoms with Crippen LogP contribution in [0.2, 0.25) is 0 Å². The van der Waals surface area contributed by atoms with Crippen molar-refractivity contribution in [2.75, 3.05) is 6.54 Å². The summed E-state index contributed by atoms with van der Waals surface area (Å²) in [7, 11) is -4.11. The number of amides is 1. The second-order valence-corrected chi connectivity index (χ2v) is 11.9. The van der Waals surface area contributed by atoms with Gasteiger partial charge < -0.3 is 14.3 Å². The Morgan fingerprint density at radius 1 is 1.17 bits per heavy atom. The van der Waals surface area contributed by atoms with Crippen molar-refractivity contribution in [3.05, 3.63) is 82.5 Å². The minimum absolute atomic E-state index is 0.0276. The molecular weight excluding hydrogens is 561 g/mol. The topological polar surface area (TPSA) is 115 Å². The van der Waals surface area contributed by atoms with Gasteiger partial charge in [0.25, 0.3) is 15.6 Å². The lowest BCUT2D eigenvalue weighted by atomic mass is 10.0. The number of nitrogens with zero attached hydrogens (tertiary/aromatic N) is 3. The number of halogens is 3. The van der Waals surface area contributed by atoms with Crippen molar-refractivity contribution in [1.29, 1.82) is 0 Å². The van der Waals surface area contributed by atoms with Crippen LogP contribution in [0.25, 0.3) is 22.1 Å². The molecule has 41 heavy (non-hydrogen) atoms. The molecule has 0 bridgehead atoms. The highest BCUT2D eigenvalue weighted by Gasteiger charge is 2.41. The van der Waals surface area contributed by atoms with E-state index in [2.05, 4.69) is 10.3 Å². The van der Waals surface area contributed by atoms with Gasteiger partial charge in [0.05, 0.1) is 5.56 Å². The van der Waals surface area contributed by atoms with E-state index in [1.807, 2.05) is 0 Å². The molecule has 5 rings (SSSR count). The summed E-state index contributed by atoms with van der Waals surface area (Å²) >= 11 is 0. The van der Waals surface area contributed by atoms with Crippen molar-refractivity contribution in [2.24, 2.45) is 0 Å². The van der Waals surface area contributed by atoms with Crippen LogP contribution in [0.1, 0.15) is 43.9 Å². The average molecular weight is 589 g/mol. The molecular formula is C28H27F3N4O5S. The maximum Gasteiger partial charge on any atom is 0.416 e. The number of carbonyl (C=O) groups is 1. The highest BCUT2D eigenvalue weighted by Crippen LogP contribution is 2.32. The zero-order valence-electron chi connectivity index (χ0n) is 22.2. The molecule has 0 radical (unpaired) electrons. The van der Waals surface area contributed by atoms with Crippen LogP contribution < -0.4 is 10.9 Å². The second kappa shape index (κ2) is 10.8. The summed E-state index contributed by atoms with van der Waals surface area (Å²) in [6.07, 6.45) is 0.838. The Labute approximate surface area is 233 Å². The summed E-state index contributed by atoms with van der Waals surface area (Å²) in [6, 6.07) is 7.53. The summed E-state index contributed by atoms with van der Waals surface area (Å²) in [5.74, 6) is -0.512. The molecule has 3 aromatic heterocycles. The van der Waals surface area contributed by atoms with Crippen LogP contribution in [0.15, 0.2) is 75.4 Å². The number of sulfonamides is 1. The van der Waals surface area contributed by atoms with Gasteiger partial charge in [0.1, 0.15) is 11.6 Å². The van der Waals surface area contributed by atoms with Gasteiger partial charge in [-0.2, -0.15) is 17.5 Å². The molecule has 0 aliphatic carbocycles. The maximum absolute atomic E-state index is 13.4. The van der Waals surface area contributed by atoms with E-state index in [0.29, 0.717) is 34.9 Å². The van der Waals surface area contributed by atoms with Gasteiger partial charge in [-0.05, 0) is 62.1 Å². The molecule has 0 saturated carbocycles. The SMILES string of the molecule is CC(C)n1cc(CNC(=O)[C@@H]2CCCN2S(=O)(=O)c2cc3cnccc3o2)cc(-c2ccc(C(F)(F)F)cc2)c1=O. The van der Waals surface area contributed by atoms with Crippen molar-refractivity contribution in [1.82, 2.24) is 19.2 Å². The fourth-order valence-corrected chi connectivity index (χ4v) is 6.49. The Balaban J connectivity index is 1.37. The average Bonchev–Trinajstić information content (AvgIpc) is 3.60. The normalized spacial score (nSPS) is 16.5. The predicted octanol–water partition coefficient (Wildman–Crippen LogP) is 4.73. The quantitative estimate of drug-likeness (QED) is 0.334. The third-order valence-electron chi connectivity index (χ3n) is 7.01. The van der Waals surface area contributed by atoms with Crippen LogP contribution in [0.3, 0.4) is 0 Å². The Morgan fingerprint density at radius 2 is 1.90 bits per heavy atom. The number of hydrogen-bond donors (Lipinski definition) is 1. The van der Waals surface area contributed by atoms with E-state index in [1.54, 1.807) is 26.1 Å². The molecule has 9 nitrogen and oxygen atoms in total. The molecule has 4 aromatic rings. The highest BCUT2D eigenvalue weighted by molar-refractivity contribution is 7.89. The van der Waals surface area contributed by atoms with Gasteiger partial charge in [0, 0.05) is 54.7 Å². The molecule has 4 heterocycles. The van der Waals surface area contributed by atoms with Crippen LogP contribution in [-0.2, 0) is 27.5 Å². The molecule has 1 fully saturated rings. The Bertz CT molecular complexity index is 1730.